The molecule has 0 spiro atoms. The Labute approximate surface area is 78.1 Å². The molecule has 0 unspecified atom stereocenters. The van der Waals surface area contributed by atoms with Crippen LogP contribution in [0, 0.1) is 0 Å². The van der Waals surface area contributed by atoms with E-state index in [1.54, 1.807) is 0 Å². The van der Waals surface area contributed by atoms with Gasteiger partial charge in [-0.2, -0.15) is 0 Å². The van der Waals surface area contributed by atoms with Gasteiger partial charge in [-0.3, -0.25) is 4.79 Å². The van der Waals surface area contributed by atoms with Crippen molar-refractivity contribution >= 4 is 5.78 Å². The first kappa shape index (κ1) is 8.24. The van der Waals surface area contributed by atoms with Crippen molar-refractivity contribution < 1.29 is 4.79 Å². The van der Waals surface area contributed by atoms with E-state index in [0.717, 1.165) is 18.4 Å². The lowest BCUT2D eigenvalue weighted by atomic mass is 10.0. The number of carbonyl (C=O) groups is 1. The Bertz CT molecular complexity index is 335. The molecule has 0 radical (unpaired) electrons. The zero-order valence-electron chi connectivity index (χ0n) is 7.49. The Balaban J connectivity index is 2.11. The van der Waals surface area contributed by atoms with Gasteiger partial charge < -0.3 is 0 Å². The van der Waals surface area contributed by atoms with Gasteiger partial charge in [0.1, 0.15) is 0 Å². The first-order valence-corrected chi connectivity index (χ1v) is 4.62. The highest BCUT2D eigenvalue weighted by Crippen LogP contribution is 2.18. The lowest BCUT2D eigenvalue weighted by molar-refractivity contribution is -0.115. The number of benzene rings is 1. The Morgan fingerprint density at radius 1 is 1.15 bits per heavy atom. The molecule has 0 saturated heterocycles. The molecule has 1 aliphatic carbocycles. The highest BCUT2D eigenvalue weighted by molar-refractivity contribution is 5.97. The molecular weight excluding hydrogens is 160 g/mol. The number of rotatable bonds is 2. The molecule has 13 heavy (non-hydrogen) atoms. The maximum absolute atomic E-state index is 11.3. The van der Waals surface area contributed by atoms with Crippen molar-refractivity contribution in [1.29, 1.82) is 0 Å². The first-order chi connectivity index (χ1) is 6.36. The van der Waals surface area contributed by atoms with Crippen molar-refractivity contribution in [3.05, 3.63) is 47.5 Å². The third-order valence-corrected chi connectivity index (χ3v) is 2.36. The predicted molar refractivity (Wildman–Crippen MR) is 52.5 cm³/mol. The smallest absolute Gasteiger partial charge is 0.159 e. The van der Waals surface area contributed by atoms with Crippen LogP contribution < -0.4 is 0 Å². The predicted octanol–water partition coefficient (Wildman–Crippen LogP) is 2.52. The van der Waals surface area contributed by atoms with Crippen molar-refractivity contribution in [1.82, 2.24) is 0 Å². The monoisotopic (exact) mass is 172 g/mol. The Hall–Kier alpha value is -1.37. The van der Waals surface area contributed by atoms with E-state index >= 15 is 0 Å². The van der Waals surface area contributed by atoms with Gasteiger partial charge in [0, 0.05) is 12.8 Å². The van der Waals surface area contributed by atoms with Crippen LogP contribution in [-0.4, -0.2) is 5.78 Å². The summed E-state index contributed by atoms with van der Waals surface area (Å²) in [5.74, 6) is 0.323. The maximum atomic E-state index is 11.3. The van der Waals surface area contributed by atoms with Crippen LogP contribution in [-0.2, 0) is 11.2 Å². The fourth-order valence-corrected chi connectivity index (χ4v) is 1.64. The van der Waals surface area contributed by atoms with E-state index in [1.807, 2.05) is 18.2 Å². The number of Topliss-reactive ketones (excluding diaryl/α,β-unsaturated/α-hetero) is 1. The average molecular weight is 172 g/mol. The normalized spacial score (nSPS) is 16.0. The topological polar surface area (TPSA) is 17.1 Å². The Kier molecular flexibility index (Phi) is 2.26. The molecule has 0 aromatic heterocycles. The minimum Gasteiger partial charge on any atom is -0.295 e. The molecule has 0 aliphatic heterocycles. The highest BCUT2D eigenvalue weighted by atomic mass is 16.1. The van der Waals surface area contributed by atoms with E-state index in [-0.39, 0.29) is 0 Å². The van der Waals surface area contributed by atoms with Crippen LogP contribution in [0.3, 0.4) is 0 Å². The van der Waals surface area contributed by atoms with Crippen LogP contribution in [0.15, 0.2) is 42.0 Å². The van der Waals surface area contributed by atoms with E-state index in [4.69, 9.17) is 0 Å². The molecule has 0 heterocycles. The minimum absolute atomic E-state index is 0.323. The fraction of sp³-hybridized carbons (Fsp3) is 0.250. The first-order valence-electron chi connectivity index (χ1n) is 4.62. The van der Waals surface area contributed by atoms with E-state index in [1.165, 1.54) is 5.56 Å². The van der Waals surface area contributed by atoms with Crippen LogP contribution in [0.4, 0.5) is 0 Å². The van der Waals surface area contributed by atoms with Crippen LogP contribution in [0.2, 0.25) is 0 Å². The molecule has 0 N–H and O–H groups in total. The molecule has 1 aromatic rings. The maximum Gasteiger partial charge on any atom is 0.159 e. The van der Waals surface area contributed by atoms with Crippen molar-refractivity contribution in [2.75, 3.05) is 0 Å². The molecule has 0 fully saturated rings. The second-order valence-corrected chi connectivity index (χ2v) is 3.35. The summed E-state index contributed by atoms with van der Waals surface area (Å²) in [5.41, 5.74) is 2.22. The molecule has 1 aliphatic rings. The van der Waals surface area contributed by atoms with E-state index < -0.39 is 0 Å². The van der Waals surface area contributed by atoms with Crippen molar-refractivity contribution in [2.24, 2.45) is 0 Å². The SMILES string of the molecule is O=C1CCC=C1Cc1ccccc1. The molecule has 0 amide bonds. The second-order valence-electron chi connectivity index (χ2n) is 3.35. The third-order valence-electron chi connectivity index (χ3n) is 2.36. The number of ketones is 1. The van der Waals surface area contributed by atoms with Gasteiger partial charge in [0.05, 0.1) is 0 Å². The van der Waals surface area contributed by atoms with Gasteiger partial charge in [-0.25, -0.2) is 0 Å². The van der Waals surface area contributed by atoms with E-state index in [2.05, 4.69) is 18.2 Å². The molecule has 1 nitrogen and oxygen atoms in total. The molecule has 0 bridgehead atoms. The fourth-order valence-electron chi connectivity index (χ4n) is 1.64. The molecular formula is C12H12O. The number of allylic oxidation sites excluding steroid dienone is 2. The quantitative estimate of drug-likeness (QED) is 0.670. The minimum atomic E-state index is 0.323. The molecule has 0 atom stereocenters. The number of hydrogen-bond donors (Lipinski definition) is 0. The number of carbonyl (C=O) groups excluding carboxylic acids is 1. The van der Waals surface area contributed by atoms with Crippen LogP contribution >= 0.6 is 0 Å². The summed E-state index contributed by atoms with van der Waals surface area (Å²) in [6.45, 7) is 0. The average Bonchev–Trinajstić information content (AvgIpc) is 2.54. The lowest BCUT2D eigenvalue weighted by Crippen LogP contribution is -1.98. The van der Waals surface area contributed by atoms with Crippen molar-refractivity contribution in [3.8, 4) is 0 Å². The summed E-state index contributed by atoms with van der Waals surface area (Å²) < 4.78 is 0. The summed E-state index contributed by atoms with van der Waals surface area (Å²) in [4.78, 5) is 11.3. The van der Waals surface area contributed by atoms with Crippen molar-refractivity contribution in [3.63, 3.8) is 0 Å². The Morgan fingerprint density at radius 2 is 1.92 bits per heavy atom. The van der Waals surface area contributed by atoms with Gasteiger partial charge in [-0.15, -0.1) is 0 Å². The van der Waals surface area contributed by atoms with Gasteiger partial charge in [-0.05, 0) is 17.6 Å². The Morgan fingerprint density at radius 3 is 2.54 bits per heavy atom. The second kappa shape index (κ2) is 3.56. The van der Waals surface area contributed by atoms with Gasteiger partial charge >= 0.3 is 0 Å². The third kappa shape index (κ3) is 1.86. The molecule has 0 saturated carbocycles. The summed E-state index contributed by atoms with van der Waals surface area (Å²) in [7, 11) is 0. The molecule has 1 heteroatoms. The number of hydrogen-bond acceptors (Lipinski definition) is 1. The zero-order chi connectivity index (χ0) is 9.10. The van der Waals surface area contributed by atoms with Gasteiger partial charge in [0.2, 0.25) is 0 Å². The van der Waals surface area contributed by atoms with Crippen LogP contribution in [0.25, 0.3) is 0 Å². The van der Waals surface area contributed by atoms with Gasteiger partial charge in [0.25, 0.3) is 0 Å². The van der Waals surface area contributed by atoms with Gasteiger partial charge in [0.15, 0.2) is 5.78 Å². The van der Waals surface area contributed by atoms with E-state index in [0.29, 0.717) is 12.2 Å². The molecule has 1 aromatic carbocycles. The summed E-state index contributed by atoms with van der Waals surface area (Å²) in [5, 5.41) is 0. The standard InChI is InChI=1S/C12H12O/c13-12-8-4-7-11(12)9-10-5-2-1-3-6-10/h1-3,5-7H,4,8-9H2. The molecule has 66 valence electrons. The van der Waals surface area contributed by atoms with E-state index in [9.17, 15) is 4.79 Å². The zero-order valence-corrected chi connectivity index (χ0v) is 7.49. The lowest BCUT2D eigenvalue weighted by Gasteiger charge is -2.00. The summed E-state index contributed by atoms with van der Waals surface area (Å²) in [6, 6.07) is 10.1. The van der Waals surface area contributed by atoms with Crippen LogP contribution in [0.1, 0.15) is 18.4 Å². The van der Waals surface area contributed by atoms with Crippen LogP contribution in [0.5, 0.6) is 0 Å². The summed E-state index contributed by atoms with van der Waals surface area (Å²) in [6.07, 6.45) is 4.51. The van der Waals surface area contributed by atoms with Gasteiger partial charge in [-0.1, -0.05) is 36.4 Å². The highest BCUT2D eigenvalue weighted by Gasteiger charge is 2.14. The summed E-state index contributed by atoms with van der Waals surface area (Å²) >= 11 is 0. The van der Waals surface area contributed by atoms with Crippen molar-refractivity contribution in [2.45, 2.75) is 19.3 Å². The largest absolute Gasteiger partial charge is 0.295 e. The molecule has 2 rings (SSSR count).